The van der Waals surface area contributed by atoms with Gasteiger partial charge in [0.1, 0.15) is 62.9 Å². The number of carbonyl (C=O) groups is 1. The third kappa shape index (κ3) is 4.61. The summed E-state index contributed by atoms with van der Waals surface area (Å²) in [6.07, 6.45) is -0.642. The van der Waals surface area contributed by atoms with Crippen LogP contribution >= 0.6 is 0 Å². The van der Waals surface area contributed by atoms with Gasteiger partial charge in [0, 0.05) is 29.8 Å². The smallest absolute Gasteiger partial charge is 0.239 e. The van der Waals surface area contributed by atoms with Crippen molar-refractivity contribution in [3.63, 3.8) is 0 Å². The lowest BCUT2D eigenvalue weighted by Crippen LogP contribution is -2.20. The Hall–Kier alpha value is -5.64. The molecule has 0 aliphatic carbocycles. The molecule has 2 heterocycles. The molecular formula is C31H22O10. The lowest BCUT2D eigenvalue weighted by atomic mass is 9.95. The largest absolute Gasteiger partial charge is 0.508 e. The second-order valence-electron chi connectivity index (χ2n) is 9.40. The van der Waals surface area contributed by atoms with Gasteiger partial charge in [-0.25, -0.2) is 0 Å². The van der Waals surface area contributed by atoms with Gasteiger partial charge in [0.05, 0.1) is 13.5 Å². The first-order valence-electron chi connectivity index (χ1n) is 12.4. The van der Waals surface area contributed by atoms with E-state index in [9.17, 15) is 30.0 Å². The van der Waals surface area contributed by atoms with Crippen molar-refractivity contribution in [2.24, 2.45) is 0 Å². The van der Waals surface area contributed by atoms with Crippen LogP contribution in [0.25, 0.3) is 22.3 Å². The molecule has 1 aliphatic rings. The number of hydrogen-bond donors (Lipinski definition) is 4. The highest BCUT2D eigenvalue weighted by molar-refractivity contribution is 6.02. The van der Waals surface area contributed by atoms with Crippen molar-refractivity contribution < 1.29 is 43.8 Å². The first-order valence-corrected chi connectivity index (χ1v) is 12.4. The van der Waals surface area contributed by atoms with Crippen LogP contribution in [0.15, 0.2) is 82.0 Å². The van der Waals surface area contributed by atoms with Crippen molar-refractivity contribution >= 4 is 16.8 Å². The number of aromatic hydroxyl groups is 4. The highest BCUT2D eigenvalue weighted by Gasteiger charge is 2.31. The summed E-state index contributed by atoms with van der Waals surface area (Å²) in [5, 5.41) is 40.1. The van der Waals surface area contributed by atoms with Gasteiger partial charge in [-0.2, -0.15) is 0 Å². The SMILES string of the molecule is COc1cc(O)c2c(c1)OC(c1ccc(Oc3c(-c4ccc(O)cc4)oc4cc(O)cc(O)c4c3=O)cc1)CC2=O. The van der Waals surface area contributed by atoms with E-state index in [2.05, 4.69) is 0 Å². The number of ether oxygens (including phenoxy) is 3. The van der Waals surface area contributed by atoms with Gasteiger partial charge in [0.2, 0.25) is 11.2 Å². The zero-order chi connectivity index (χ0) is 28.8. The molecule has 0 amide bonds. The summed E-state index contributed by atoms with van der Waals surface area (Å²) < 4.78 is 23.1. The fraction of sp³-hybridized carbons (Fsp3) is 0.0968. The normalized spacial score (nSPS) is 14.4. The van der Waals surface area contributed by atoms with Crippen molar-refractivity contribution in [2.45, 2.75) is 12.5 Å². The lowest BCUT2D eigenvalue weighted by molar-refractivity contribution is 0.0844. The Morgan fingerprint density at radius 1 is 0.805 bits per heavy atom. The number of carbonyl (C=O) groups excluding carboxylic acids is 1. The van der Waals surface area contributed by atoms with Crippen LogP contribution in [0.2, 0.25) is 0 Å². The van der Waals surface area contributed by atoms with E-state index in [4.69, 9.17) is 18.6 Å². The van der Waals surface area contributed by atoms with Gasteiger partial charge >= 0.3 is 0 Å². The van der Waals surface area contributed by atoms with Gasteiger partial charge in [-0.3, -0.25) is 9.59 Å². The maximum absolute atomic E-state index is 13.5. The van der Waals surface area contributed by atoms with Crippen molar-refractivity contribution in [3.8, 4) is 57.3 Å². The fourth-order valence-corrected chi connectivity index (χ4v) is 4.75. The number of rotatable bonds is 5. The Morgan fingerprint density at radius 3 is 2.24 bits per heavy atom. The Kier molecular flexibility index (Phi) is 6.15. The molecule has 0 saturated carbocycles. The molecule has 4 N–H and O–H groups in total. The van der Waals surface area contributed by atoms with Crippen LogP contribution in [0, 0.1) is 0 Å². The molecule has 0 fully saturated rings. The first kappa shape index (κ1) is 25.6. The molecule has 0 bridgehead atoms. The van der Waals surface area contributed by atoms with E-state index in [1.807, 2.05) is 0 Å². The fourth-order valence-electron chi connectivity index (χ4n) is 4.75. The minimum Gasteiger partial charge on any atom is -0.508 e. The average molecular weight is 555 g/mol. The monoisotopic (exact) mass is 554 g/mol. The lowest BCUT2D eigenvalue weighted by Gasteiger charge is -2.26. The number of phenolic OH excluding ortho intramolecular Hbond substituents is 4. The molecule has 1 unspecified atom stereocenters. The molecule has 6 rings (SSSR count). The summed E-state index contributed by atoms with van der Waals surface area (Å²) in [6, 6.07) is 17.5. The summed E-state index contributed by atoms with van der Waals surface area (Å²) in [6.45, 7) is 0. The van der Waals surface area contributed by atoms with Crippen LogP contribution in [-0.2, 0) is 0 Å². The van der Waals surface area contributed by atoms with Crippen LogP contribution in [0.4, 0.5) is 0 Å². The molecule has 0 spiro atoms. The number of hydrogen-bond acceptors (Lipinski definition) is 10. The molecule has 4 aromatic carbocycles. The Morgan fingerprint density at radius 2 is 1.54 bits per heavy atom. The van der Waals surface area contributed by atoms with Gasteiger partial charge < -0.3 is 39.1 Å². The highest BCUT2D eigenvalue weighted by Crippen LogP contribution is 2.43. The van der Waals surface area contributed by atoms with E-state index in [1.165, 1.54) is 49.6 Å². The number of Topliss-reactive ketones (excluding diaryl/α,β-unsaturated/α-hetero) is 1. The second-order valence-corrected chi connectivity index (χ2v) is 9.40. The third-order valence-corrected chi connectivity index (χ3v) is 6.73. The van der Waals surface area contributed by atoms with Gasteiger partial charge in [-0.1, -0.05) is 12.1 Å². The standard InChI is InChI=1S/C31H22O10/c1-38-20-12-22(35)27-23(36)14-24(40-26(27)13-20)15-4-8-19(9-5-15)39-31-29(37)28-21(34)10-18(33)11-25(28)41-30(31)16-2-6-17(32)7-3-16/h2-13,24,32-35H,14H2,1H3. The molecule has 5 aromatic rings. The third-order valence-electron chi connectivity index (χ3n) is 6.73. The number of methoxy groups -OCH3 is 1. The molecule has 1 aromatic heterocycles. The molecule has 10 heteroatoms. The summed E-state index contributed by atoms with van der Waals surface area (Å²) >= 11 is 0. The molecule has 0 radical (unpaired) electrons. The minimum atomic E-state index is -0.678. The van der Waals surface area contributed by atoms with E-state index in [0.717, 1.165) is 6.07 Å². The van der Waals surface area contributed by atoms with Crippen LogP contribution in [0.3, 0.4) is 0 Å². The maximum Gasteiger partial charge on any atom is 0.239 e. The summed E-state index contributed by atoms with van der Waals surface area (Å²) in [4.78, 5) is 26.3. The quantitative estimate of drug-likeness (QED) is 0.210. The predicted molar refractivity (Wildman–Crippen MR) is 146 cm³/mol. The average Bonchev–Trinajstić information content (AvgIpc) is 2.94. The molecule has 41 heavy (non-hydrogen) atoms. The van der Waals surface area contributed by atoms with E-state index in [-0.39, 0.29) is 69.0 Å². The summed E-state index contributed by atoms with van der Waals surface area (Å²) in [7, 11) is 1.44. The van der Waals surface area contributed by atoms with E-state index in [0.29, 0.717) is 16.9 Å². The highest BCUT2D eigenvalue weighted by atomic mass is 16.5. The van der Waals surface area contributed by atoms with Gasteiger partial charge in [0.15, 0.2) is 11.5 Å². The van der Waals surface area contributed by atoms with Crippen LogP contribution in [0.1, 0.15) is 28.4 Å². The first-order chi connectivity index (χ1) is 19.7. The van der Waals surface area contributed by atoms with E-state index >= 15 is 0 Å². The Balaban J connectivity index is 1.36. The topological polar surface area (TPSA) is 156 Å². The van der Waals surface area contributed by atoms with E-state index < -0.39 is 17.3 Å². The number of benzene rings is 4. The van der Waals surface area contributed by atoms with Crippen molar-refractivity contribution in [1.82, 2.24) is 0 Å². The maximum atomic E-state index is 13.5. The number of ketones is 1. The van der Waals surface area contributed by atoms with E-state index in [1.54, 1.807) is 24.3 Å². The Bertz CT molecular complexity index is 1870. The van der Waals surface area contributed by atoms with Crippen LogP contribution in [0.5, 0.6) is 46.0 Å². The number of phenols is 4. The second kappa shape index (κ2) is 9.83. The molecule has 0 saturated heterocycles. The summed E-state index contributed by atoms with van der Waals surface area (Å²) in [5.74, 6) is -0.667. The minimum absolute atomic E-state index is 0.00151. The number of fused-ring (bicyclic) bond motifs is 2. The molecule has 206 valence electrons. The van der Waals surface area contributed by atoms with Gasteiger partial charge in [-0.15, -0.1) is 0 Å². The van der Waals surface area contributed by atoms with Gasteiger partial charge in [-0.05, 0) is 42.0 Å². The predicted octanol–water partition coefficient (Wildman–Crippen LogP) is 5.79. The van der Waals surface area contributed by atoms with Gasteiger partial charge in [0.25, 0.3) is 0 Å². The van der Waals surface area contributed by atoms with Crippen LogP contribution < -0.4 is 19.6 Å². The Labute approximate surface area is 231 Å². The van der Waals surface area contributed by atoms with Crippen molar-refractivity contribution in [3.05, 3.63) is 94.1 Å². The molecule has 10 nitrogen and oxygen atoms in total. The molecule has 1 atom stereocenters. The zero-order valence-corrected chi connectivity index (χ0v) is 21.5. The molecular weight excluding hydrogens is 532 g/mol. The van der Waals surface area contributed by atoms with Crippen molar-refractivity contribution in [2.75, 3.05) is 7.11 Å². The molecule has 1 aliphatic heterocycles. The summed E-state index contributed by atoms with van der Waals surface area (Å²) in [5.41, 5.74) is 0.421. The zero-order valence-electron chi connectivity index (χ0n) is 21.5. The van der Waals surface area contributed by atoms with Crippen molar-refractivity contribution in [1.29, 1.82) is 0 Å². The van der Waals surface area contributed by atoms with Crippen LogP contribution in [-0.4, -0.2) is 33.3 Å².